The molecule has 0 spiro atoms. The van der Waals surface area contributed by atoms with E-state index in [-0.39, 0.29) is 31.7 Å². The molecule has 0 fully saturated rings. The van der Waals surface area contributed by atoms with Crippen molar-refractivity contribution in [1.29, 1.82) is 0 Å². The summed E-state index contributed by atoms with van der Waals surface area (Å²) in [5, 5.41) is 0. The Labute approximate surface area is 116 Å². The molecule has 0 bridgehead atoms. The van der Waals surface area contributed by atoms with Gasteiger partial charge >= 0.3 is 19.5 Å². The van der Waals surface area contributed by atoms with Crippen LogP contribution in [0.3, 0.4) is 0 Å². The van der Waals surface area contributed by atoms with Gasteiger partial charge in [0, 0.05) is 13.3 Å². The predicted molar refractivity (Wildman–Crippen MR) is 59.5 cm³/mol. The molecule has 2 unspecified atom stereocenters. The van der Waals surface area contributed by atoms with Crippen LogP contribution in [0.4, 0.5) is 0 Å². The van der Waals surface area contributed by atoms with Crippen molar-refractivity contribution in [2.24, 2.45) is 0 Å². The van der Waals surface area contributed by atoms with Gasteiger partial charge in [-0.05, 0) is 27.7 Å². The summed E-state index contributed by atoms with van der Waals surface area (Å²) in [5.41, 5.74) is 0. The Hall–Kier alpha value is 0.923. The molecule has 17 heavy (non-hydrogen) atoms. The predicted octanol–water partition coefficient (Wildman–Crippen LogP) is 1.19. The van der Waals surface area contributed by atoms with Crippen molar-refractivity contribution in [3.63, 3.8) is 0 Å². The molecular weight excluding hydrogens is 319 g/mol. The second-order valence-corrected chi connectivity index (χ2v) is 7.36. The van der Waals surface area contributed by atoms with Crippen molar-refractivity contribution in [2.45, 2.75) is 39.9 Å². The van der Waals surface area contributed by atoms with E-state index in [9.17, 15) is 18.9 Å². The van der Waals surface area contributed by atoms with Gasteiger partial charge in [0.2, 0.25) is 0 Å². The molecular formula is C8H20O6P2Zn. The van der Waals surface area contributed by atoms with Gasteiger partial charge in [0.05, 0.1) is 12.2 Å². The van der Waals surface area contributed by atoms with Crippen LogP contribution >= 0.6 is 15.2 Å². The van der Waals surface area contributed by atoms with E-state index < -0.39 is 15.2 Å². The Morgan fingerprint density at radius 3 is 1.00 bits per heavy atom. The number of hydrogen-bond donors (Lipinski definition) is 0. The van der Waals surface area contributed by atoms with Crippen LogP contribution in [0, 0.1) is 0 Å². The molecule has 0 aliphatic rings. The van der Waals surface area contributed by atoms with Crippen LogP contribution in [0.1, 0.15) is 27.7 Å². The molecule has 6 nitrogen and oxygen atoms in total. The van der Waals surface area contributed by atoms with Crippen molar-refractivity contribution in [3.8, 4) is 0 Å². The Balaban J connectivity index is -0.000000218. The van der Waals surface area contributed by atoms with Gasteiger partial charge in [-0.15, -0.1) is 0 Å². The molecule has 0 amide bonds. The third-order valence-corrected chi connectivity index (χ3v) is 2.41. The summed E-state index contributed by atoms with van der Waals surface area (Å²) in [6.45, 7) is 8.82. The smallest absolute Gasteiger partial charge is 0.779 e. The van der Waals surface area contributed by atoms with Gasteiger partial charge in [-0.25, -0.2) is 0 Å². The van der Waals surface area contributed by atoms with Gasteiger partial charge in [-0.2, -0.15) is 0 Å². The molecule has 0 saturated heterocycles. The molecule has 0 N–H and O–H groups in total. The molecule has 9 heteroatoms. The Bertz CT molecular complexity index is 241. The topological polar surface area (TPSA) is 98.7 Å². The maximum atomic E-state index is 10.2. The summed E-state index contributed by atoms with van der Waals surface area (Å²) < 4.78 is 29.4. The van der Waals surface area contributed by atoms with Crippen LogP contribution in [0.2, 0.25) is 0 Å². The first-order valence-corrected chi connectivity index (χ1v) is 8.75. The molecule has 0 aromatic heterocycles. The van der Waals surface area contributed by atoms with Gasteiger partial charge in [0.1, 0.15) is 15.2 Å². The minimum Gasteiger partial charge on any atom is -0.779 e. The largest absolute Gasteiger partial charge is 2.00 e. The van der Waals surface area contributed by atoms with Gasteiger partial charge in [0.25, 0.3) is 0 Å². The van der Waals surface area contributed by atoms with Crippen molar-refractivity contribution in [1.82, 2.24) is 0 Å². The fourth-order valence-electron chi connectivity index (χ4n) is 0.766. The van der Waals surface area contributed by atoms with Crippen molar-refractivity contribution >= 4 is 15.2 Å². The molecule has 0 rings (SSSR count). The summed E-state index contributed by atoms with van der Waals surface area (Å²) >= 11 is 0. The first-order valence-electron chi connectivity index (χ1n) is 4.77. The fourth-order valence-corrected chi connectivity index (χ4v) is 2.30. The number of rotatable bonds is 4. The second kappa shape index (κ2) is 9.80. The van der Waals surface area contributed by atoms with Crippen LogP contribution in [0.5, 0.6) is 0 Å². The Morgan fingerprint density at radius 2 is 1.00 bits per heavy atom. The van der Waals surface area contributed by atoms with E-state index in [1.807, 2.05) is 0 Å². The average Bonchev–Trinajstić information content (AvgIpc) is 1.72. The number of hydrogen-bond acceptors (Lipinski definition) is 6. The van der Waals surface area contributed by atoms with E-state index >= 15 is 0 Å². The van der Waals surface area contributed by atoms with Crippen LogP contribution in [0.25, 0.3) is 0 Å². The molecule has 2 atom stereocenters. The van der Waals surface area contributed by atoms with Crippen LogP contribution in [-0.4, -0.2) is 25.5 Å². The Morgan fingerprint density at radius 1 is 0.824 bits per heavy atom. The monoisotopic (exact) mass is 338 g/mol. The maximum Gasteiger partial charge on any atom is 2.00 e. The second-order valence-electron chi connectivity index (χ2n) is 3.85. The van der Waals surface area contributed by atoms with Gasteiger partial charge < -0.3 is 28.0 Å². The maximum absolute atomic E-state index is 10.2. The molecule has 0 radical (unpaired) electrons. The van der Waals surface area contributed by atoms with Crippen molar-refractivity contribution < 1.29 is 47.4 Å². The normalized spacial score (nSPS) is 17.5. The summed E-state index contributed by atoms with van der Waals surface area (Å²) in [5.74, 6) is 0. The first-order chi connectivity index (χ1) is 6.83. The zero-order chi connectivity index (χ0) is 13.6. The van der Waals surface area contributed by atoms with Crippen LogP contribution in [-0.2, 0) is 37.7 Å². The van der Waals surface area contributed by atoms with E-state index in [1.165, 1.54) is 0 Å². The third kappa shape index (κ3) is 31.6. The molecule has 0 heterocycles. The molecule has 0 aliphatic heterocycles. The van der Waals surface area contributed by atoms with Gasteiger partial charge in [0.15, 0.2) is 0 Å². The van der Waals surface area contributed by atoms with Crippen molar-refractivity contribution in [2.75, 3.05) is 13.3 Å². The summed E-state index contributed by atoms with van der Waals surface area (Å²) in [6, 6.07) is 0. The third-order valence-electron chi connectivity index (χ3n) is 0.805. The van der Waals surface area contributed by atoms with E-state index in [0.717, 1.165) is 13.3 Å². The van der Waals surface area contributed by atoms with E-state index in [0.29, 0.717) is 0 Å². The summed E-state index contributed by atoms with van der Waals surface area (Å²) in [4.78, 5) is 20.5. The molecule has 0 aliphatic carbocycles. The van der Waals surface area contributed by atoms with E-state index in [4.69, 9.17) is 0 Å². The SMILES string of the molecule is CC(C)OP(C)(=O)[O-].CC(C)OP(C)(=O)[O-].[Zn+2]. The minimum absolute atomic E-state index is 0. The zero-order valence-electron chi connectivity index (χ0n) is 11.2. The van der Waals surface area contributed by atoms with E-state index in [1.54, 1.807) is 27.7 Å². The van der Waals surface area contributed by atoms with E-state index in [2.05, 4.69) is 9.05 Å². The molecule has 0 aromatic rings. The average molecular weight is 340 g/mol. The quantitative estimate of drug-likeness (QED) is 0.563. The zero-order valence-corrected chi connectivity index (χ0v) is 16.0. The van der Waals surface area contributed by atoms with Crippen LogP contribution in [0.15, 0.2) is 0 Å². The summed E-state index contributed by atoms with van der Waals surface area (Å²) in [6.07, 6.45) is -0.466. The minimum atomic E-state index is -3.47. The molecule has 0 saturated carbocycles. The fraction of sp³-hybridized carbons (Fsp3) is 1.00. The summed E-state index contributed by atoms with van der Waals surface area (Å²) in [7, 11) is -6.94. The van der Waals surface area contributed by atoms with Gasteiger partial charge in [-0.1, -0.05) is 0 Å². The molecule has 0 aromatic carbocycles. The van der Waals surface area contributed by atoms with Gasteiger partial charge in [-0.3, -0.25) is 0 Å². The van der Waals surface area contributed by atoms with Crippen LogP contribution < -0.4 is 9.79 Å². The Kier molecular flexibility index (Phi) is 13.3. The molecule has 100 valence electrons. The standard InChI is InChI=1S/2C4H11O3P.Zn/c2*1-4(2)7-8(3,5)6;/h2*4H,1-3H3,(H,5,6);/q;;+2/p-2. The first kappa shape index (κ1) is 23.0. The van der Waals surface area contributed by atoms with Crippen molar-refractivity contribution in [3.05, 3.63) is 0 Å².